The molecular weight excluding hydrogens is 206 g/mol. The molecule has 0 aliphatic rings. The lowest BCUT2D eigenvalue weighted by atomic mass is 10.2. The van der Waals surface area contributed by atoms with Crippen LogP contribution >= 0.6 is 0 Å². The number of nitro groups is 1. The Morgan fingerprint density at radius 2 is 2.06 bits per heavy atom. The summed E-state index contributed by atoms with van der Waals surface area (Å²) in [6.07, 6.45) is 5.55. The van der Waals surface area contributed by atoms with Crippen molar-refractivity contribution in [3.05, 3.63) is 46.2 Å². The summed E-state index contributed by atoms with van der Waals surface area (Å²) >= 11 is 0. The molecule has 0 amide bonds. The summed E-state index contributed by atoms with van der Waals surface area (Å²) in [5.74, 6) is 0. The molecule has 1 aromatic rings. The number of hydrogen-bond acceptors (Lipinski definition) is 3. The first-order valence-corrected chi connectivity index (χ1v) is 5.26. The van der Waals surface area contributed by atoms with Gasteiger partial charge in [0.15, 0.2) is 0 Å². The minimum atomic E-state index is -0.411. The molecule has 4 heteroatoms. The third kappa shape index (κ3) is 4.13. The summed E-state index contributed by atoms with van der Waals surface area (Å²) in [6, 6.07) is 6.34. The predicted molar refractivity (Wildman–Crippen MR) is 63.0 cm³/mol. The molecule has 0 unspecified atom stereocenters. The van der Waals surface area contributed by atoms with Gasteiger partial charge < -0.3 is 4.74 Å². The van der Waals surface area contributed by atoms with Crippen molar-refractivity contribution in [3.63, 3.8) is 0 Å². The number of non-ortho nitro benzene ring substituents is 1. The number of nitro benzene ring substituents is 1. The van der Waals surface area contributed by atoms with Crippen LogP contribution in [0.15, 0.2) is 30.5 Å². The largest absolute Gasteiger partial charge is 0.501 e. The van der Waals surface area contributed by atoms with Crippen molar-refractivity contribution in [2.45, 2.75) is 19.8 Å². The summed E-state index contributed by atoms with van der Waals surface area (Å²) in [5.41, 5.74) is 0.992. The molecule has 0 saturated carbocycles. The highest BCUT2D eigenvalue weighted by Gasteiger charge is 2.01. The number of ether oxygens (including phenoxy) is 1. The Morgan fingerprint density at radius 1 is 1.38 bits per heavy atom. The first-order valence-electron chi connectivity index (χ1n) is 5.26. The van der Waals surface area contributed by atoms with E-state index < -0.39 is 4.92 Å². The van der Waals surface area contributed by atoms with Gasteiger partial charge in [0.25, 0.3) is 5.69 Å². The second kappa shape index (κ2) is 6.61. The molecule has 0 radical (unpaired) electrons. The van der Waals surface area contributed by atoms with E-state index >= 15 is 0 Å². The highest BCUT2D eigenvalue weighted by Crippen LogP contribution is 2.12. The molecule has 0 aromatic heterocycles. The van der Waals surface area contributed by atoms with E-state index in [2.05, 4.69) is 6.92 Å². The maximum atomic E-state index is 10.4. The zero-order valence-corrected chi connectivity index (χ0v) is 9.26. The van der Waals surface area contributed by atoms with Crippen LogP contribution in [0.5, 0.6) is 0 Å². The zero-order chi connectivity index (χ0) is 11.8. The molecule has 0 aliphatic carbocycles. The van der Waals surface area contributed by atoms with Gasteiger partial charge in [-0.3, -0.25) is 10.1 Å². The van der Waals surface area contributed by atoms with Gasteiger partial charge in [0, 0.05) is 12.1 Å². The Hall–Kier alpha value is -1.84. The number of rotatable bonds is 6. The van der Waals surface area contributed by atoms with E-state index in [0.29, 0.717) is 6.61 Å². The highest BCUT2D eigenvalue weighted by molar-refractivity contribution is 5.50. The summed E-state index contributed by atoms with van der Waals surface area (Å²) < 4.78 is 5.24. The van der Waals surface area contributed by atoms with Crippen LogP contribution < -0.4 is 0 Å². The predicted octanol–water partition coefficient (Wildman–Crippen LogP) is 3.38. The number of nitrogens with zero attached hydrogens (tertiary/aromatic N) is 1. The minimum Gasteiger partial charge on any atom is -0.501 e. The Labute approximate surface area is 94.7 Å². The molecule has 0 fully saturated rings. The minimum absolute atomic E-state index is 0.101. The molecule has 1 aromatic carbocycles. The Bertz CT molecular complexity index is 357. The van der Waals surface area contributed by atoms with Crippen LogP contribution in [-0.4, -0.2) is 11.5 Å². The summed E-state index contributed by atoms with van der Waals surface area (Å²) in [4.78, 5) is 10.00. The lowest BCUT2D eigenvalue weighted by Gasteiger charge is -1.97. The van der Waals surface area contributed by atoms with Crippen LogP contribution in [0.4, 0.5) is 5.69 Å². The maximum absolute atomic E-state index is 10.4. The quantitative estimate of drug-likeness (QED) is 0.320. The third-order valence-corrected chi connectivity index (χ3v) is 2.08. The fourth-order valence-corrected chi connectivity index (χ4v) is 1.13. The van der Waals surface area contributed by atoms with E-state index in [9.17, 15) is 10.1 Å². The first kappa shape index (κ1) is 12.2. The van der Waals surface area contributed by atoms with Crippen LogP contribution in [0.3, 0.4) is 0 Å². The van der Waals surface area contributed by atoms with Crippen LogP contribution in [0.1, 0.15) is 25.3 Å². The fourth-order valence-electron chi connectivity index (χ4n) is 1.13. The Morgan fingerprint density at radius 3 is 2.62 bits per heavy atom. The molecule has 0 N–H and O–H groups in total. The summed E-state index contributed by atoms with van der Waals surface area (Å²) in [6.45, 7) is 2.81. The Balaban J connectivity index is 2.45. The lowest BCUT2D eigenvalue weighted by Crippen LogP contribution is -1.87. The van der Waals surface area contributed by atoms with Gasteiger partial charge in [-0.15, -0.1) is 0 Å². The van der Waals surface area contributed by atoms with Gasteiger partial charge in [0.1, 0.15) is 0 Å². The van der Waals surface area contributed by atoms with Crippen molar-refractivity contribution in [1.29, 1.82) is 0 Å². The monoisotopic (exact) mass is 221 g/mol. The topological polar surface area (TPSA) is 52.4 Å². The molecule has 0 atom stereocenters. The molecule has 16 heavy (non-hydrogen) atoms. The van der Waals surface area contributed by atoms with E-state index in [-0.39, 0.29) is 5.69 Å². The molecule has 0 aliphatic heterocycles. The van der Waals surface area contributed by atoms with Crippen LogP contribution in [0, 0.1) is 10.1 Å². The average molecular weight is 221 g/mol. The van der Waals surface area contributed by atoms with E-state index in [0.717, 1.165) is 18.4 Å². The second-order valence-electron chi connectivity index (χ2n) is 3.38. The smallest absolute Gasteiger partial charge is 0.269 e. The number of unbranched alkanes of at least 4 members (excludes halogenated alkanes) is 1. The van der Waals surface area contributed by atoms with Crippen LogP contribution in [0.2, 0.25) is 0 Å². The Kier molecular flexibility index (Phi) is 5.05. The molecule has 1 rings (SSSR count). The molecule has 0 bridgehead atoms. The summed E-state index contributed by atoms with van der Waals surface area (Å²) in [5, 5.41) is 10.4. The van der Waals surface area contributed by atoms with Crippen LogP contribution in [0.25, 0.3) is 6.08 Å². The van der Waals surface area contributed by atoms with Gasteiger partial charge in [-0.2, -0.15) is 0 Å². The van der Waals surface area contributed by atoms with Crippen molar-refractivity contribution >= 4 is 11.8 Å². The van der Waals surface area contributed by atoms with Crippen molar-refractivity contribution in [2.24, 2.45) is 0 Å². The highest BCUT2D eigenvalue weighted by atomic mass is 16.6. The molecule has 0 saturated heterocycles. The SMILES string of the molecule is CCCCO/C=C/c1ccc([N+](=O)[O-])cc1. The molecule has 86 valence electrons. The van der Waals surface area contributed by atoms with Crippen molar-refractivity contribution < 1.29 is 9.66 Å². The van der Waals surface area contributed by atoms with Gasteiger partial charge >= 0.3 is 0 Å². The lowest BCUT2D eigenvalue weighted by molar-refractivity contribution is -0.384. The standard InChI is InChI=1S/C12H15NO3/c1-2-3-9-16-10-8-11-4-6-12(7-5-11)13(14)15/h4-8,10H,2-3,9H2,1H3/b10-8+. The zero-order valence-electron chi connectivity index (χ0n) is 9.26. The van der Waals surface area contributed by atoms with Gasteiger partial charge in [0.2, 0.25) is 0 Å². The van der Waals surface area contributed by atoms with Gasteiger partial charge in [0.05, 0.1) is 17.8 Å². The number of hydrogen-bond donors (Lipinski definition) is 0. The van der Waals surface area contributed by atoms with E-state index in [4.69, 9.17) is 4.74 Å². The van der Waals surface area contributed by atoms with Gasteiger partial charge in [-0.25, -0.2) is 0 Å². The summed E-state index contributed by atoms with van der Waals surface area (Å²) in [7, 11) is 0. The molecule has 0 heterocycles. The van der Waals surface area contributed by atoms with Crippen molar-refractivity contribution in [3.8, 4) is 0 Å². The van der Waals surface area contributed by atoms with Gasteiger partial charge in [-0.1, -0.05) is 13.3 Å². The normalized spacial score (nSPS) is 10.6. The van der Waals surface area contributed by atoms with E-state index in [1.54, 1.807) is 24.5 Å². The van der Waals surface area contributed by atoms with Gasteiger partial charge in [-0.05, 0) is 30.2 Å². The third-order valence-electron chi connectivity index (χ3n) is 2.08. The number of benzene rings is 1. The van der Waals surface area contributed by atoms with Crippen LogP contribution in [-0.2, 0) is 4.74 Å². The first-order chi connectivity index (χ1) is 7.74. The molecule has 0 spiro atoms. The van der Waals surface area contributed by atoms with Crippen molar-refractivity contribution in [1.82, 2.24) is 0 Å². The molecule has 4 nitrogen and oxygen atoms in total. The second-order valence-corrected chi connectivity index (χ2v) is 3.38. The molecular formula is C12H15NO3. The van der Waals surface area contributed by atoms with E-state index in [1.165, 1.54) is 12.1 Å². The maximum Gasteiger partial charge on any atom is 0.269 e. The van der Waals surface area contributed by atoms with E-state index in [1.807, 2.05) is 0 Å². The van der Waals surface area contributed by atoms with Crippen molar-refractivity contribution in [2.75, 3.05) is 6.61 Å². The fraction of sp³-hybridized carbons (Fsp3) is 0.333. The average Bonchev–Trinajstić information content (AvgIpc) is 2.29.